The first-order chi connectivity index (χ1) is 6.15. The molecule has 0 aromatic carbocycles. The number of methoxy groups -OCH3 is 1. The van der Waals surface area contributed by atoms with E-state index in [1.807, 2.05) is 0 Å². The number of rotatable bonds is 4. The van der Waals surface area contributed by atoms with Gasteiger partial charge in [-0.3, -0.25) is 0 Å². The number of esters is 1. The van der Waals surface area contributed by atoms with Gasteiger partial charge < -0.3 is 10.5 Å². The number of carbonyl (C=O) groups excluding carboxylic acids is 1. The Labute approximate surface area is 77.1 Å². The molecule has 0 unspecified atom stereocenters. The van der Waals surface area contributed by atoms with Crippen LogP contribution in [0, 0.1) is 0 Å². The van der Waals surface area contributed by atoms with Crippen LogP contribution in [0.2, 0.25) is 0 Å². The Hall–Kier alpha value is -1.84. The highest BCUT2D eigenvalue weighted by Crippen LogP contribution is 2.04. The van der Waals surface area contributed by atoms with Crippen molar-refractivity contribution in [3.05, 3.63) is 36.6 Å². The first-order valence-electron chi connectivity index (χ1n) is 3.51. The highest BCUT2D eigenvalue weighted by molar-refractivity contribution is 5.91. The van der Waals surface area contributed by atoms with E-state index in [0.717, 1.165) is 6.34 Å². The summed E-state index contributed by atoms with van der Waals surface area (Å²) in [6.45, 7) is 6.97. The van der Waals surface area contributed by atoms with E-state index in [2.05, 4.69) is 22.9 Å². The number of allylic oxidation sites excluding steroid dienone is 1. The van der Waals surface area contributed by atoms with Gasteiger partial charge in [-0.05, 0) is 12.2 Å². The van der Waals surface area contributed by atoms with Crippen molar-refractivity contribution in [2.75, 3.05) is 7.11 Å². The highest BCUT2D eigenvalue weighted by Gasteiger charge is 2.02. The quantitative estimate of drug-likeness (QED) is 0.228. The van der Waals surface area contributed by atoms with E-state index in [9.17, 15) is 4.79 Å². The van der Waals surface area contributed by atoms with Crippen molar-refractivity contribution in [3.8, 4) is 0 Å². The maximum atomic E-state index is 10.9. The zero-order valence-corrected chi connectivity index (χ0v) is 7.49. The summed E-state index contributed by atoms with van der Waals surface area (Å²) in [5, 5.41) is 0. The predicted octanol–water partition coefficient (Wildman–Crippen LogP) is 0.772. The fourth-order valence-corrected chi connectivity index (χ4v) is 0.603. The van der Waals surface area contributed by atoms with E-state index in [1.54, 1.807) is 0 Å². The van der Waals surface area contributed by atoms with Gasteiger partial charge in [0.2, 0.25) is 0 Å². The summed E-state index contributed by atoms with van der Waals surface area (Å²) in [7, 11) is 1.28. The minimum atomic E-state index is -0.508. The number of nitrogens with zero attached hydrogens (tertiary/aromatic N) is 1. The largest absolute Gasteiger partial charge is 0.465 e. The molecular formula is C9H12N2O2. The number of nitrogens with two attached hydrogens (primary N) is 1. The first kappa shape index (κ1) is 11.2. The molecule has 70 valence electrons. The number of carbonyl (C=O) groups is 1. The van der Waals surface area contributed by atoms with Gasteiger partial charge in [0.05, 0.1) is 24.7 Å². The summed E-state index contributed by atoms with van der Waals surface area (Å²) in [6, 6.07) is 0. The Morgan fingerprint density at radius 2 is 2.23 bits per heavy atom. The standard InChI is InChI=1S/C9H12N2O2/c1-4-8(11-6-10)5-7(2)9(12)13-3/h4-6H,1-2H2,3H3,(H2,10,11)/b8-5-. The third kappa shape index (κ3) is 3.91. The van der Waals surface area contributed by atoms with Gasteiger partial charge in [0.1, 0.15) is 0 Å². The highest BCUT2D eigenvalue weighted by atomic mass is 16.5. The van der Waals surface area contributed by atoms with Crippen molar-refractivity contribution < 1.29 is 9.53 Å². The minimum absolute atomic E-state index is 0.197. The number of hydrogen-bond acceptors (Lipinski definition) is 3. The Kier molecular flexibility index (Phi) is 4.95. The second kappa shape index (κ2) is 5.77. The molecule has 0 aromatic heterocycles. The van der Waals surface area contributed by atoms with Crippen LogP contribution >= 0.6 is 0 Å². The van der Waals surface area contributed by atoms with E-state index in [1.165, 1.54) is 19.3 Å². The fraction of sp³-hybridized carbons (Fsp3) is 0.111. The fourth-order valence-electron chi connectivity index (χ4n) is 0.603. The summed E-state index contributed by atoms with van der Waals surface area (Å²) in [5.74, 6) is -0.508. The van der Waals surface area contributed by atoms with Gasteiger partial charge in [-0.25, -0.2) is 9.79 Å². The minimum Gasteiger partial charge on any atom is -0.465 e. The van der Waals surface area contributed by atoms with Crippen LogP contribution in [0.3, 0.4) is 0 Å². The van der Waals surface area contributed by atoms with Crippen molar-refractivity contribution >= 4 is 12.3 Å². The maximum Gasteiger partial charge on any atom is 0.337 e. The van der Waals surface area contributed by atoms with Gasteiger partial charge >= 0.3 is 5.97 Å². The summed E-state index contributed by atoms with van der Waals surface area (Å²) in [4.78, 5) is 14.6. The SMILES string of the molecule is C=CC(=C/C(=C)C(=O)OC)/N=C\N. The van der Waals surface area contributed by atoms with Crippen molar-refractivity contribution in [2.45, 2.75) is 0 Å². The van der Waals surface area contributed by atoms with Crippen molar-refractivity contribution in [3.63, 3.8) is 0 Å². The van der Waals surface area contributed by atoms with Crippen LogP contribution in [0.1, 0.15) is 0 Å². The maximum absolute atomic E-state index is 10.9. The lowest BCUT2D eigenvalue weighted by Gasteiger charge is -1.97. The summed E-state index contributed by atoms with van der Waals surface area (Å²) in [5.41, 5.74) is 5.72. The van der Waals surface area contributed by atoms with E-state index in [0.29, 0.717) is 5.70 Å². The molecule has 2 N–H and O–H groups in total. The Morgan fingerprint density at radius 1 is 1.62 bits per heavy atom. The molecule has 0 rings (SSSR count). The monoisotopic (exact) mass is 180 g/mol. The molecule has 0 fully saturated rings. The summed E-state index contributed by atoms with van der Waals surface area (Å²) >= 11 is 0. The van der Waals surface area contributed by atoms with Crippen LogP contribution in [-0.2, 0) is 9.53 Å². The molecular weight excluding hydrogens is 168 g/mol. The Morgan fingerprint density at radius 3 is 2.62 bits per heavy atom. The molecule has 0 aliphatic carbocycles. The van der Waals surface area contributed by atoms with E-state index in [-0.39, 0.29) is 5.57 Å². The predicted molar refractivity (Wildman–Crippen MR) is 52.1 cm³/mol. The molecule has 0 aliphatic rings. The van der Waals surface area contributed by atoms with E-state index in [4.69, 9.17) is 5.73 Å². The summed E-state index contributed by atoms with van der Waals surface area (Å²) < 4.78 is 4.44. The number of aliphatic imine (C=N–C) groups is 1. The molecule has 0 aromatic rings. The lowest BCUT2D eigenvalue weighted by molar-refractivity contribution is -0.135. The lowest BCUT2D eigenvalue weighted by atomic mass is 10.2. The smallest absolute Gasteiger partial charge is 0.337 e. The van der Waals surface area contributed by atoms with Gasteiger partial charge in [-0.15, -0.1) is 0 Å². The molecule has 0 bridgehead atoms. The molecule has 4 heteroatoms. The van der Waals surface area contributed by atoms with Crippen LogP contribution in [0.4, 0.5) is 0 Å². The normalized spacial score (nSPS) is 11.3. The van der Waals surface area contributed by atoms with Gasteiger partial charge in [0.25, 0.3) is 0 Å². The number of ether oxygens (including phenoxy) is 1. The third-order valence-corrected chi connectivity index (χ3v) is 1.20. The van der Waals surface area contributed by atoms with Crippen LogP contribution in [0.15, 0.2) is 41.6 Å². The zero-order valence-electron chi connectivity index (χ0n) is 7.49. The molecule has 0 saturated carbocycles. The molecule has 0 heterocycles. The van der Waals surface area contributed by atoms with Crippen LogP contribution in [-0.4, -0.2) is 19.4 Å². The average Bonchev–Trinajstić information content (AvgIpc) is 2.15. The van der Waals surface area contributed by atoms with Gasteiger partial charge in [0.15, 0.2) is 0 Å². The van der Waals surface area contributed by atoms with Crippen LogP contribution < -0.4 is 5.73 Å². The van der Waals surface area contributed by atoms with Crippen LogP contribution in [0.5, 0.6) is 0 Å². The van der Waals surface area contributed by atoms with Crippen molar-refractivity contribution in [1.29, 1.82) is 0 Å². The molecule has 13 heavy (non-hydrogen) atoms. The Balaban J connectivity index is 4.60. The lowest BCUT2D eigenvalue weighted by Crippen LogP contribution is -2.01. The van der Waals surface area contributed by atoms with Crippen LogP contribution in [0.25, 0.3) is 0 Å². The third-order valence-electron chi connectivity index (χ3n) is 1.20. The molecule has 4 nitrogen and oxygen atoms in total. The Bertz CT molecular complexity index is 277. The molecule has 0 spiro atoms. The first-order valence-corrected chi connectivity index (χ1v) is 3.51. The van der Waals surface area contributed by atoms with Gasteiger partial charge in [0, 0.05) is 0 Å². The summed E-state index contributed by atoms with van der Waals surface area (Å²) in [6.07, 6.45) is 4.00. The van der Waals surface area contributed by atoms with Crippen molar-refractivity contribution in [2.24, 2.45) is 10.7 Å². The van der Waals surface area contributed by atoms with Gasteiger partial charge in [-0.1, -0.05) is 13.2 Å². The molecule has 0 aliphatic heterocycles. The zero-order chi connectivity index (χ0) is 10.3. The average molecular weight is 180 g/mol. The van der Waals surface area contributed by atoms with Gasteiger partial charge in [-0.2, -0.15) is 0 Å². The van der Waals surface area contributed by atoms with E-state index < -0.39 is 5.97 Å². The topological polar surface area (TPSA) is 64.7 Å². The molecule has 0 saturated heterocycles. The van der Waals surface area contributed by atoms with Crippen molar-refractivity contribution in [1.82, 2.24) is 0 Å². The molecule has 0 radical (unpaired) electrons. The second-order valence-electron chi connectivity index (χ2n) is 2.07. The number of hydrogen-bond donors (Lipinski definition) is 1. The molecule has 0 atom stereocenters. The second-order valence-corrected chi connectivity index (χ2v) is 2.07. The molecule has 0 amide bonds. The van der Waals surface area contributed by atoms with E-state index >= 15 is 0 Å².